The molecule has 0 atom stereocenters. The molecule has 3 aromatic rings. The second kappa shape index (κ2) is 5.70. The predicted molar refractivity (Wildman–Crippen MR) is 82.1 cm³/mol. The summed E-state index contributed by atoms with van der Waals surface area (Å²) in [6.45, 7) is 2.13. The number of fused-ring (bicyclic) bond motifs is 1. The number of aryl methyl sites for hydroxylation is 1. The maximum atomic E-state index is 12.9. The van der Waals surface area contributed by atoms with Crippen LogP contribution in [0.4, 0.5) is 13.2 Å². The summed E-state index contributed by atoms with van der Waals surface area (Å²) in [4.78, 5) is 4.44. The van der Waals surface area contributed by atoms with E-state index in [1.807, 2.05) is 31.2 Å². The van der Waals surface area contributed by atoms with Gasteiger partial charge in [-0.05, 0) is 24.6 Å². The summed E-state index contributed by atoms with van der Waals surface area (Å²) in [7, 11) is 0. The van der Waals surface area contributed by atoms with Gasteiger partial charge in [0, 0.05) is 19.2 Å². The SMILES string of the molecule is Cc1ccc(Cc2nc3ccc(C(F)(F)F)cn3c2CN)cc1. The van der Waals surface area contributed by atoms with E-state index in [0.29, 0.717) is 23.5 Å². The molecule has 0 radical (unpaired) electrons. The van der Waals surface area contributed by atoms with Crippen molar-refractivity contribution in [2.45, 2.75) is 26.1 Å². The van der Waals surface area contributed by atoms with Crippen LogP contribution in [0.3, 0.4) is 0 Å². The number of pyridine rings is 1. The molecule has 0 saturated carbocycles. The van der Waals surface area contributed by atoms with Gasteiger partial charge in [-0.1, -0.05) is 29.8 Å². The molecule has 0 fully saturated rings. The van der Waals surface area contributed by atoms with E-state index in [2.05, 4.69) is 4.98 Å². The Morgan fingerprint density at radius 2 is 1.78 bits per heavy atom. The van der Waals surface area contributed by atoms with Crippen molar-refractivity contribution in [3.63, 3.8) is 0 Å². The van der Waals surface area contributed by atoms with Gasteiger partial charge >= 0.3 is 6.18 Å². The highest BCUT2D eigenvalue weighted by molar-refractivity contribution is 5.46. The number of nitrogens with zero attached hydrogens (tertiary/aromatic N) is 2. The van der Waals surface area contributed by atoms with Crippen LogP contribution in [0.2, 0.25) is 0 Å². The van der Waals surface area contributed by atoms with Gasteiger partial charge in [-0.25, -0.2) is 4.98 Å². The maximum absolute atomic E-state index is 12.9. The quantitative estimate of drug-likeness (QED) is 0.800. The lowest BCUT2D eigenvalue weighted by molar-refractivity contribution is -0.137. The van der Waals surface area contributed by atoms with E-state index < -0.39 is 11.7 Å². The summed E-state index contributed by atoms with van der Waals surface area (Å²) < 4.78 is 40.1. The summed E-state index contributed by atoms with van der Waals surface area (Å²) in [5.41, 5.74) is 9.02. The van der Waals surface area contributed by atoms with Gasteiger partial charge in [0.25, 0.3) is 0 Å². The third-order valence-corrected chi connectivity index (χ3v) is 3.81. The molecule has 0 unspecified atom stereocenters. The van der Waals surface area contributed by atoms with E-state index in [9.17, 15) is 13.2 Å². The number of nitrogens with two attached hydrogens (primary N) is 1. The van der Waals surface area contributed by atoms with Crippen molar-refractivity contribution >= 4 is 5.65 Å². The molecule has 0 saturated heterocycles. The van der Waals surface area contributed by atoms with E-state index >= 15 is 0 Å². The summed E-state index contributed by atoms with van der Waals surface area (Å²) in [5, 5.41) is 0. The molecule has 0 spiro atoms. The van der Waals surface area contributed by atoms with Crippen molar-refractivity contribution in [2.75, 3.05) is 0 Å². The number of hydrogen-bond acceptors (Lipinski definition) is 2. The molecule has 2 N–H and O–H groups in total. The Morgan fingerprint density at radius 3 is 2.39 bits per heavy atom. The van der Waals surface area contributed by atoms with Gasteiger partial charge in [-0.3, -0.25) is 0 Å². The highest BCUT2D eigenvalue weighted by Crippen LogP contribution is 2.30. The minimum Gasteiger partial charge on any atom is -0.325 e. The summed E-state index contributed by atoms with van der Waals surface area (Å²) in [6, 6.07) is 10.4. The Morgan fingerprint density at radius 1 is 1.09 bits per heavy atom. The molecule has 0 aliphatic rings. The van der Waals surface area contributed by atoms with Crippen molar-refractivity contribution in [2.24, 2.45) is 5.73 Å². The van der Waals surface area contributed by atoms with Crippen molar-refractivity contribution in [3.05, 3.63) is 70.7 Å². The summed E-state index contributed by atoms with van der Waals surface area (Å²) >= 11 is 0. The zero-order valence-electron chi connectivity index (χ0n) is 12.6. The minimum atomic E-state index is -4.39. The second-order valence-electron chi connectivity index (χ2n) is 5.52. The molecule has 23 heavy (non-hydrogen) atoms. The van der Waals surface area contributed by atoms with Crippen LogP contribution in [0.1, 0.15) is 28.1 Å². The minimum absolute atomic E-state index is 0.129. The van der Waals surface area contributed by atoms with Crippen LogP contribution >= 0.6 is 0 Å². The molecule has 2 heterocycles. The fraction of sp³-hybridized carbons (Fsp3) is 0.235. The van der Waals surface area contributed by atoms with Crippen molar-refractivity contribution in [1.82, 2.24) is 9.38 Å². The molecule has 0 aliphatic carbocycles. The number of alkyl halides is 3. The molecule has 3 nitrogen and oxygen atoms in total. The van der Waals surface area contributed by atoms with E-state index in [1.165, 1.54) is 10.5 Å². The van der Waals surface area contributed by atoms with Crippen LogP contribution in [0.15, 0.2) is 42.6 Å². The fourth-order valence-electron chi connectivity index (χ4n) is 2.57. The van der Waals surface area contributed by atoms with Crippen molar-refractivity contribution in [1.29, 1.82) is 0 Å². The Labute approximate surface area is 131 Å². The van der Waals surface area contributed by atoms with Crippen LogP contribution in [-0.2, 0) is 19.1 Å². The van der Waals surface area contributed by atoms with Gasteiger partial charge in [0.2, 0.25) is 0 Å². The Hall–Kier alpha value is -2.34. The van der Waals surface area contributed by atoms with E-state index in [1.54, 1.807) is 0 Å². The average molecular weight is 319 g/mol. The van der Waals surface area contributed by atoms with Gasteiger partial charge < -0.3 is 10.1 Å². The first-order valence-electron chi connectivity index (χ1n) is 7.21. The molecule has 0 aliphatic heterocycles. The monoisotopic (exact) mass is 319 g/mol. The lowest BCUT2D eigenvalue weighted by Gasteiger charge is -2.08. The smallest absolute Gasteiger partial charge is 0.325 e. The molecular formula is C17H16F3N3. The lowest BCUT2D eigenvalue weighted by Crippen LogP contribution is -2.09. The zero-order chi connectivity index (χ0) is 16.6. The Balaban J connectivity index is 2.05. The van der Waals surface area contributed by atoms with Crippen LogP contribution < -0.4 is 5.73 Å². The van der Waals surface area contributed by atoms with Crippen LogP contribution in [0.25, 0.3) is 5.65 Å². The van der Waals surface area contributed by atoms with Gasteiger partial charge in [0.15, 0.2) is 0 Å². The molecule has 0 amide bonds. The predicted octanol–water partition coefficient (Wildman–Crippen LogP) is 3.71. The molecule has 1 aromatic carbocycles. The topological polar surface area (TPSA) is 43.3 Å². The van der Waals surface area contributed by atoms with Crippen LogP contribution in [0, 0.1) is 6.92 Å². The molecular weight excluding hydrogens is 303 g/mol. The number of imidazole rings is 1. The molecule has 0 bridgehead atoms. The molecule has 2 aromatic heterocycles. The number of hydrogen-bond donors (Lipinski definition) is 1. The van der Waals surface area contributed by atoms with Crippen LogP contribution in [-0.4, -0.2) is 9.38 Å². The third-order valence-electron chi connectivity index (χ3n) is 3.81. The van der Waals surface area contributed by atoms with Gasteiger partial charge in [0.1, 0.15) is 5.65 Å². The highest BCUT2D eigenvalue weighted by atomic mass is 19.4. The number of halogens is 3. The number of benzene rings is 1. The van der Waals surface area contributed by atoms with E-state index in [0.717, 1.165) is 23.4 Å². The first kappa shape index (κ1) is 15.6. The number of aromatic nitrogens is 2. The average Bonchev–Trinajstić information content (AvgIpc) is 2.84. The zero-order valence-corrected chi connectivity index (χ0v) is 12.6. The first-order valence-corrected chi connectivity index (χ1v) is 7.21. The fourth-order valence-corrected chi connectivity index (χ4v) is 2.57. The lowest BCUT2D eigenvalue weighted by atomic mass is 10.1. The van der Waals surface area contributed by atoms with Crippen molar-refractivity contribution < 1.29 is 13.2 Å². The number of rotatable bonds is 3. The van der Waals surface area contributed by atoms with Gasteiger partial charge in [-0.2, -0.15) is 13.2 Å². The van der Waals surface area contributed by atoms with Crippen LogP contribution in [0.5, 0.6) is 0 Å². The Bertz CT molecular complexity index is 833. The molecule has 3 rings (SSSR count). The largest absolute Gasteiger partial charge is 0.417 e. The summed E-state index contributed by atoms with van der Waals surface area (Å²) in [5.74, 6) is 0. The molecule has 120 valence electrons. The Kier molecular flexibility index (Phi) is 3.85. The summed E-state index contributed by atoms with van der Waals surface area (Å²) in [6.07, 6.45) is -2.79. The third kappa shape index (κ3) is 3.07. The van der Waals surface area contributed by atoms with Gasteiger partial charge in [0.05, 0.1) is 17.0 Å². The van der Waals surface area contributed by atoms with E-state index in [-0.39, 0.29) is 6.54 Å². The first-order chi connectivity index (χ1) is 10.9. The maximum Gasteiger partial charge on any atom is 0.417 e. The van der Waals surface area contributed by atoms with E-state index in [4.69, 9.17) is 5.73 Å². The normalized spacial score (nSPS) is 12.0. The van der Waals surface area contributed by atoms with Gasteiger partial charge in [-0.15, -0.1) is 0 Å². The second-order valence-corrected chi connectivity index (χ2v) is 5.52. The molecule has 6 heteroatoms. The van der Waals surface area contributed by atoms with Crippen molar-refractivity contribution in [3.8, 4) is 0 Å². The highest BCUT2D eigenvalue weighted by Gasteiger charge is 2.31. The standard InChI is InChI=1S/C17H16F3N3/c1-11-2-4-12(5-3-11)8-14-15(9-21)23-10-13(17(18,19)20)6-7-16(23)22-14/h2-7,10H,8-9,21H2,1H3.